The van der Waals surface area contributed by atoms with Gasteiger partial charge in [-0.2, -0.15) is 13.2 Å². The maximum absolute atomic E-state index is 13.5. The number of nitrogens with zero attached hydrogens (tertiary/aromatic N) is 2. The Bertz CT molecular complexity index is 1280. The first kappa shape index (κ1) is 24.7. The van der Waals surface area contributed by atoms with Crippen LogP contribution in [-0.4, -0.2) is 46.9 Å². The van der Waals surface area contributed by atoms with E-state index in [4.69, 9.17) is 11.6 Å². The van der Waals surface area contributed by atoms with Crippen molar-refractivity contribution in [1.29, 1.82) is 0 Å². The van der Waals surface area contributed by atoms with Crippen LogP contribution in [0.1, 0.15) is 29.4 Å². The van der Waals surface area contributed by atoms with Gasteiger partial charge in [0.15, 0.2) is 0 Å². The summed E-state index contributed by atoms with van der Waals surface area (Å²) in [6, 6.07) is 9.47. The Balaban J connectivity index is 1.62. The van der Waals surface area contributed by atoms with Crippen molar-refractivity contribution in [2.24, 2.45) is 0 Å². The van der Waals surface area contributed by atoms with E-state index in [2.05, 4.69) is 15.6 Å². The predicted molar refractivity (Wildman–Crippen MR) is 124 cm³/mol. The number of likely N-dealkylation sites (tertiary alicyclic amines) is 1. The minimum atomic E-state index is -4.66. The van der Waals surface area contributed by atoms with E-state index in [1.54, 1.807) is 0 Å². The van der Waals surface area contributed by atoms with Crippen molar-refractivity contribution in [3.05, 3.63) is 70.6 Å². The summed E-state index contributed by atoms with van der Waals surface area (Å²) >= 11 is 6.07. The molecule has 0 bridgehead atoms. The molecule has 0 spiro atoms. The van der Waals surface area contributed by atoms with Crippen molar-refractivity contribution >= 4 is 40.0 Å². The number of carbonyl (C=O) groups is 2. The molecule has 2 aromatic carbocycles. The molecule has 11 heteroatoms. The number of halogens is 5. The quantitative estimate of drug-likeness (QED) is 0.493. The van der Waals surface area contributed by atoms with E-state index >= 15 is 0 Å². The van der Waals surface area contributed by atoms with Crippen LogP contribution in [-0.2, 0) is 11.0 Å². The second-order valence-corrected chi connectivity index (χ2v) is 8.83. The lowest BCUT2D eigenvalue weighted by molar-refractivity contribution is -0.140. The van der Waals surface area contributed by atoms with Gasteiger partial charge in [-0.25, -0.2) is 9.37 Å². The lowest BCUT2D eigenvalue weighted by Crippen LogP contribution is -2.55. The molecule has 2 amide bonds. The molecular formula is C24H21ClF4N4O2. The third kappa shape index (κ3) is 5.82. The van der Waals surface area contributed by atoms with Crippen molar-refractivity contribution < 1.29 is 27.2 Å². The van der Waals surface area contributed by atoms with E-state index in [-0.39, 0.29) is 35.8 Å². The van der Waals surface area contributed by atoms with Gasteiger partial charge in [0.1, 0.15) is 11.5 Å². The smallest absolute Gasteiger partial charge is 0.380 e. The third-order valence-corrected chi connectivity index (χ3v) is 5.97. The molecule has 0 radical (unpaired) electrons. The van der Waals surface area contributed by atoms with E-state index in [9.17, 15) is 27.2 Å². The normalized spacial score (nSPS) is 18.4. The van der Waals surface area contributed by atoms with Crippen molar-refractivity contribution in [3.8, 4) is 0 Å². The van der Waals surface area contributed by atoms with Crippen LogP contribution in [0, 0.1) is 5.82 Å². The average Bonchev–Trinajstić information content (AvgIpc) is 2.78. The summed E-state index contributed by atoms with van der Waals surface area (Å²) in [7, 11) is 0. The van der Waals surface area contributed by atoms with Gasteiger partial charge >= 0.3 is 6.18 Å². The molecule has 2 atom stereocenters. The topological polar surface area (TPSA) is 74.3 Å². The van der Waals surface area contributed by atoms with Crippen LogP contribution in [0.5, 0.6) is 0 Å². The van der Waals surface area contributed by atoms with E-state index in [1.807, 2.05) is 0 Å². The number of piperidine rings is 1. The molecule has 2 N–H and O–H groups in total. The molecule has 1 aromatic heterocycles. The molecule has 2 heterocycles. The highest BCUT2D eigenvalue weighted by Gasteiger charge is 2.35. The third-order valence-electron chi connectivity index (χ3n) is 5.74. The van der Waals surface area contributed by atoms with Crippen LogP contribution in [0.2, 0.25) is 5.02 Å². The molecule has 1 fully saturated rings. The van der Waals surface area contributed by atoms with Crippen LogP contribution in [0.15, 0.2) is 48.5 Å². The van der Waals surface area contributed by atoms with Gasteiger partial charge in [-0.05, 0) is 48.9 Å². The van der Waals surface area contributed by atoms with Gasteiger partial charge in [0.05, 0.1) is 5.52 Å². The Labute approximate surface area is 203 Å². The summed E-state index contributed by atoms with van der Waals surface area (Å²) in [4.78, 5) is 30.0. The van der Waals surface area contributed by atoms with Crippen LogP contribution < -0.4 is 10.6 Å². The van der Waals surface area contributed by atoms with Gasteiger partial charge in [-0.1, -0.05) is 17.7 Å². The lowest BCUT2D eigenvalue weighted by Gasteiger charge is -2.38. The van der Waals surface area contributed by atoms with Crippen LogP contribution in [0.3, 0.4) is 0 Å². The zero-order chi connectivity index (χ0) is 25.3. The van der Waals surface area contributed by atoms with Crippen molar-refractivity contribution in [1.82, 2.24) is 15.2 Å². The summed E-state index contributed by atoms with van der Waals surface area (Å²) in [6.45, 7) is 1.80. The van der Waals surface area contributed by atoms with Gasteiger partial charge in [0.25, 0.3) is 5.91 Å². The molecule has 0 unspecified atom stereocenters. The summed E-state index contributed by atoms with van der Waals surface area (Å²) in [6.07, 6.45) is -4.35. The number of benzene rings is 2. The standard InChI is InChI=1S/C24H21ClF4N4O2/c1-13(34)33-11-17(9-18(12-33)31-23(35)14-3-2-4-16(26)7-14)30-21-10-22(24(27,28)29)32-20-6-5-15(25)8-19(20)21/h2-8,10,17-18H,9,11-12H2,1H3,(H,30,32)(H,31,35)/t17-,18+/m1/s1. The Kier molecular flexibility index (Phi) is 6.84. The number of alkyl halides is 3. The summed E-state index contributed by atoms with van der Waals surface area (Å²) in [5.74, 6) is -1.32. The molecule has 3 aromatic rings. The summed E-state index contributed by atoms with van der Waals surface area (Å²) < 4.78 is 53.9. The highest BCUT2D eigenvalue weighted by atomic mass is 35.5. The van der Waals surface area contributed by atoms with Gasteiger partial charge in [0, 0.05) is 53.8 Å². The highest BCUT2D eigenvalue weighted by Crippen LogP contribution is 2.34. The number of pyridine rings is 1. The first-order valence-electron chi connectivity index (χ1n) is 10.8. The Morgan fingerprint density at radius 2 is 1.83 bits per heavy atom. The fourth-order valence-corrected chi connectivity index (χ4v) is 4.32. The number of nitrogens with one attached hydrogen (secondary N) is 2. The summed E-state index contributed by atoms with van der Waals surface area (Å²) in [5, 5.41) is 6.61. The molecular weight excluding hydrogens is 488 g/mol. The van der Waals surface area contributed by atoms with Gasteiger partial charge in [-0.15, -0.1) is 0 Å². The Morgan fingerprint density at radius 1 is 1.09 bits per heavy atom. The Morgan fingerprint density at radius 3 is 2.51 bits per heavy atom. The second-order valence-electron chi connectivity index (χ2n) is 8.40. The van der Waals surface area contributed by atoms with E-state index in [1.165, 1.54) is 48.2 Å². The fourth-order valence-electron chi connectivity index (χ4n) is 4.15. The maximum atomic E-state index is 13.5. The van der Waals surface area contributed by atoms with Gasteiger partial charge in [0.2, 0.25) is 5.91 Å². The molecule has 184 valence electrons. The monoisotopic (exact) mass is 508 g/mol. The number of carbonyl (C=O) groups excluding carboxylic acids is 2. The first-order chi connectivity index (χ1) is 16.5. The van der Waals surface area contributed by atoms with Gasteiger partial charge in [-0.3, -0.25) is 9.59 Å². The number of aromatic nitrogens is 1. The minimum Gasteiger partial charge on any atom is -0.380 e. The second kappa shape index (κ2) is 9.69. The minimum absolute atomic E-state index is 0.113. The zero-order valence-corrected chi connectivity index (χ0v) is 19.3. The van der Waals surface area contributed by atoms with E-state index < -0.39 is 35.7 Å². The number of amides is 2. The number of hydrogen-bond acceptors (Lipinski definition) is 4. The Hall–Kier alpha value is -3.40. The zero-order valence-electron chi connectivity index (χ0n) is 18.5. The first-order valence-corrected chi connectivity index (χ1v) is 11.1. The van der Waals surface area contributed by atoms with E-state index in [0.717, 1.165) is 12.1 Å². The van der Waals surface area contributed by atoms with Crippen LogP contribution >= 0.6 is 11.6 Å². The molecule has 1 saturated heterocycles. The van der Waals surface area contributed by atoms with Crippen LogP contribution in [0.25, 0.3) is 10.9 Å². The number of rotatable bonds is 4. The number of hydrogen-bond donors (Lipinski definition) is 2. The average molecular weight is 509 g/mol. The molecule has 4 rings (SSSR count). The molecule has 0 saturated carbocycles. The van der Waals surface area contributed by atoms with Crippen molar-refractivity contribution in [3.63, 3.8) is 0 Å². The molecule has 0 aliphatic carbocycles. The molecule has 35 heavy (non-hydrogen) atoms. The largest absolute Gasteiger partial charge is 0.433 e. The SMILES string of the molecule is CC(=O)N1C[C@@H](NC(=O)c2cccc(F)c2)C[C@@H](Nc2cc(C(F)(F)F)nc3ccc(Cl)cc23)C1. The highest BCUT2D eigenvalue weighted by molar-refractivity contribution is 6.31. The maximum Gasteiger partial charge on any atom is 0.433 e. The van der Waals surface area contributed by atoms with Crippen molar-refractivity contribution in [2.75, 3.05) is 18.4 Å². The molecule has 1 aliphatic rings. The van der Waals surface area contributed by atoms with Gasteiger partial charge < -0.3 is 15.5 Å². The van der Waals surface area contributed by atoms with Crippen LogP contribution in [0.4, 0.5) is 23.2 Å². The molecule has 6 nitrogen and oxygen atoms in total. The number of anilines is 1. The van der Waals surface area contributed by atoms with E-state index in [0.29, 0.717) is 16.8 Å². The van der Waals surface area contributed by atoms with Crippen molar-refractivity contribution in [2.45, 2.75) is 31.6 Å². The lowest BCUT2D eigenvalue weighted by atomic mass is 9.99. The fraction of sp³-hybridized carbons (Fsp3) is 0.292. The predicted octanol–water partition coefficient (Wildman–Crippen LogP) is 4.88. The number of fused-ring (bicyclic) bond motifs is 1. The summed E-state index contributed by atoms with van der Waals surface area (Å²) in [5.41, 5.74) is -0.665. The molecule has 1 aliphatic heterocycles.